The van der Waals surface area contributed by atoms with Gasteiger partial charge in [0, 0.05) is 4.47 Å². The number of benzene rings is 3. The summed E-state index contributed by atoms with van der Waals surface area (Å²) in [7, 11) is 0. The zero-order valence-corrected chi connectivity index (χ0v) is 19.4. The van der Waals surface area contributed by atoms with Gasteiger partial charge in [-0.2, -0.15) is 0 Å². The average Bonchev–Trinajstić information content (AvgIpc) is 3.10. The van der Waals surface area contributed by atoms with E-state index in [0.717, 1.165) is 10.9 Å². The molecule has 33 heavy (non-hydrogen) atoms. The summed E-state index contributed by atoms with van der Waals surface area (Å²) in [4.78, 5) is 40.4. The van der Waals surface area contributed by atoms with Crippen LogP contribution in [0.2, 0.25) is 0 Å². The predicted molar refractivity (Wildman–Crippen MR) is 128 cm³/mol. The van der Waals surface area contributed by atoms with E-state index < -0.39 is 5.97 Å². The molecule has 3 atom stereocenters. The zero-order chi connectivity index (χ0) is 22.9. The number of hydrogen-bond acceptors (Lipinski definition) is 4. The molecule has 1 heterocycles. The van der Waals surface area contributed by atoms with Crippen LogP contribution in [0.25, 0.3) is 0 Å². The Bertz CT molecular complexity index is 1210. The Morgan fingerprint density at radius 2 is 1.58 bits per heavy atom. The summed E-state index contributed by atoms with van der Waals surface area (Å²) in [5.41, 5.74) is 1.92. The summed E-state index contributed by atoms with van der Waals surface area (Å²) < 4.78 is 6.32. The number of halogens is 1. The van der Waals surface area contributed by atoms with Crippen LogP contribution >= 0.6 is 15.9 Å². The van der Waals surface area contributed by atoms with E-state index in [1.54, 1.807) is 48.5 Å². The lowest BCUT2D eigenvalue weighted by Gasteiger charge is -2.28. The number of anilines is 1. The second-order valence-corrected chi connectivity index (χ2v) is 9.45. The number of carbonyl (C=O) groups excluding carboxylic acids is 3. The molecule has 3 unspecified atom stereocenters. The lowest BCUT2D eigenvalue weighted by atomic mass is 9.73. The number of hydrogen-bond donors (Lipinski definition) is 0. The molecule has 2 fully saturated rings. The molecule has 1 aliphatic heterocycles. The van der Waals surface area contributed by atoms with Crippen LogP contribution < -0.4 is 9.64 Å². The molecule has 3 aromatic rings. The summed E-state index contributed by atoms with van der Waals surface area (Å²) in [5, 5.41) is 0. The highest BCUT2D eigenvalue weighted by atomic mass is 79.9. The predicted octanol–water partition coefficient (Wildman–Crippen LogP) is 5.74. The standard InChI is InChI=1S/C27H22BrNO4/c28-20-10-12-22(13-11-20)33-27(32)19-7-4-8-21(15-19)29-25(30)23-14-9-18(16-24(23)26(29)31)17-5-2-1-3-6-17/h1-8,10-13,15,18,23-24H,9,14,16H2. The Kier molecular flexibility index (Phi) is 5.85. The normalized spacial score (nSPS) is 22.2. The van der Waals surface area contributed by atoms with Crippen molar-refractivity contribution in [1.82, 2.24) is 0 Å². The number of esters is 1. The first-order valence-corrected chi connectivity index (χ1v) is 11.8. The van der Waals surface area contributed by atoms with Crippen molar-refractivity contribution < 1.29 is 19.1 Å². The molecular weight excluding hydrogens is 482 g/mol. The van der Waals surface area contributed by atoms with Crippen LogP contribution in [-0.4, -0.2) is 17.8 Å². The number of rotatable bonds is 4. The van der Waals surface area contributed by atoms with Gasteiger partial charge in [-0.05, 0) is 73.2 Å². The first-order chi connectivity index (χ1) is 16.0. The number of amides is 2. The van der Waals surface area contributed by atoms with Gasteiger partial charge < -0.3 is 4.74 Å². The van der Waals surface area contributed by atoms with Crippen LogP contribution in [0.15, 0.2) is 83.3 Å². The molecule has 1 aliphatic carbocycles. The Hall–Kier alpha value is -3.25. The summed E-state index contributed by atoms with van der Waals surface area (Å²) in [6.07, 6.45) is 2.25. The van der Waals surface area contributed by atoms with Gasteiger partial charge >= 0.3 is 5.97 Å². The van der Waals surface area contributed by atoms with Crippen LogP contribution in [0, 0.1) is 11.8 Å². The van der Waals surface area contributed by atoms with E-state index in [-0.39, 0.29) is 35.1 Å². The molecular formula is C27H22BrNO4. The fourth-order valence-electron chi connectivity index (χ4n) is 4.90. The minimum atomic E-state index is -0.542. The highest BCUT2D eigenvalue weighted by Gasteiger charge is 2.50. The fourth-order valence-corrected chi connectivity index (χ4v) is 5.17. The highest BCUT2D eigenvalue weighted by Crippen LogP contribution is 2.45. The minimum Gasteiger partial charge on any atom is -0.423 e. The zero-order valence-electron chi connectivity index (χ0n) is 17.8. The largest absolute Gasteiger partial charge is 0.423 e. The van der Waals surface area contributed by atoms with Gasteiger partial charge in [0.2, 0.25) is 11.8 Å². The van der Waals surface area contributed by atoms with Crippen molar-refractivity contribution in [3.8, 4) is 5.75 Å². The maximum atomic E-state index is 13.3. The van der Waals surface area contributed by atoms with Crippen LogP contribution in [0.5, 0.6) is 5.75 Å². The molecule has 1 saturated heterocycles. The van der Waals surface area contributed by atoms with Gasteiger partial charge in [-0.1, -0.05) is 52.3 Å². The monoisotopic (exact) mass is 503 g/mol. The molecule has 3 aromatic carbocycles. The fraction of sp³-hybridized carbons (Fsp3) is 0.222. The van der Waals surface area contributed by atoms with Crippen molar-refractivity contribution >= 4 is 39.4 Å². The molecule has 0 radical (unpaired) electrons. The molecule has 5 nitrogen and oxygen atoms in total. The first-order valence-electron chi connectivity index (χ1n) is 11.0. The number of fused-ring (bicyclic) bond motifs is 1. The molecule has 6 heteroatoms. The van der Waals surface area contributed by atoms with Crippen molar-refractivity contribution in [2.75, 3.05) is 4.90 Å². The second kappa shape index (κ2) is 8.94. The Balaban J connectivity index is 1.35. The van der Waals surface area contributed by atoms with E-state index in [4.69, 9.17) is 4.74 Å². The van der Waals surface area contributed by atoms with Crippen molar-refractivity contribution in [3.05, 3.63) is 94.5 Å². The van der Waals surface area contributed by atoms with Crippen molar-refractivity contribution in [3.63, 3.8) is 0 Å². The lowest BCUT2D eigenvalue weighted by Crippen LogP contribution is -2.31. The van der Waals surface area contributed by atoms with Crippen molar-refractivity contribution in [2.45, 2.75) is 25.2 Å². The number of ether oxygens (including phenoxy) is 1. The third-order valence-corrected chi connectivity index (χ3v) is 7.09. The SMILES string of the molecule is O=C(Oc1ccc(Br)cc1)c1cccc(N2C(=O)C3CCC(c4ccccc4)CC3C2=O)c1. The van der Waals surface area contributed by atoms with E-state index in [1.807, 2.05) is 18.2 Å². The number of imide groups is 1. The minimum absolute atomic E-state index is 0.171. The molecule has 2 amide bonds. The van der Waals surface area contributed by atoms with Crippen LogP contribution in [-0.2, 0) is 9.59 Å². The molecule has 0 N–H and O–H groups in total. The van der Waals surface area contributed by atoms with Crippen LogP contribution in [0.3, 0.4) is 0 Å². The van der Waals surface area contributed by atoms with Gasteiger partial charge in [0.25, 0.3) is 0 Å². The molecule has 2 aliphatic rings. The first kappa shape index (κ1) is 21.6. The van der Waals surface area contributed by atoms with E-state index in [2.05, 4.69) is 28.1 Å². The van der Waals surface area contributed by atoms with Gasteiger partial charge in [0.15, 0.2) is 0 Å². The summed E-state index contributed by atoms with van der Waals surface area (Å²) in [5.74, 6) is -0.819. The quantitative estimate of drug-likeness (QED) is 0.258. The van der Waals surface area contributed by atoms with E-state index >= 15 is 0 Å². The Labute approximate surface area is 200 Å². The van der Waals surface area contributed by atoms with Gasteiger partial charge in [0.05, 0.1) is 23.1 Å². The summed E-state index contributed by atoms with van der Waals surface area (Å²) >= 11 is 3.35. The molecule has 0 spiro atoms. The van der Waals surface area contributed by atoms with Gasteiger partial charge in [-0.25, -0.2) is 4.79 Å². The lowest BCUT2D eigenvalue weighted by molar-refractivity contribution is -0.122. The third kappa shape index (κ3) is 4.23. The summed E-state index contributed by atoms with van der Waals surface area (Å²) in [6, 6.07) is 23.7. The summed E-state index contributed by atoms with van der Waals surface area (Å²) in [6.45, 7) is 0. The van der Waals surface area contributed by atoms with Gasteiger partial charge in [0.1, 0.15) is 5.75 Å². The number of nitrogens with zero attached hydrogens (tertiary/aromatic N) is 1. The van der Waals surface area contributed by atoms with E-state index in [1.165, 1.54) is 10.5 Å². The number of carbonyl (C=O) groups is 3. The van der Waals surface area contributed by atoms with Gasteiger partial charge in [-0.15, -0.1) is 0 Å². The van der Waals surface area contributed by atoms with Crippen LogP contribution in [0.1, 0.15) is 41.1 Å². The van der Waals surface area contributed by atoms with Crippen LogP contribution in [0.4, 0.5) is 5.69 Å². The van der Waals surface area contributed by atoms with Gasteiger partial charge in [-0.3, -0.25) is 14.5 Å². The third-order valence-electron chi connectivity index (χ3n) is 6.56. The molecule has 0 aromatic heterocycles. The molecule has 0 bridgehead atoms. The average molecular weight is 504 g/mol. The van der Waals surface area contributed by atoms with Crippen molar-refractivity contribution in [2.24, 2.45) is 11.8 Å². The van der Waals surface area contributed by atoms with Crippen molar-refractivity contribution in [1.29, 1.82) is 0 Å². The van der Waals surface area contributed by atoms with E-state index in [9.17, 15) is 14.4 Å². The topological polar surface area (TPSA) is 63.7 Å². The Morgan fingerprint density at radius 3 is 2.33 bits per heavy atom. The molecule has 166 valence electrons. The Morgan fingerprint density at radius 1 is 0.848 bits per heavy atom. The maximum absolute atomic E-state index is 13.3. The second-order valence-electron chi connectivity index (χ2n) is 8.54. The highest BCUT2D eigenvalue weighted by molar-refractivity contribution is 9.10. The maximum Gasteiger partial charge on any atom is 0.343 e. The smallest absolute Gasteiger partial charge is 0.343 e. The van der Waals surface area contributed by atoms with E-state index in [0.29, 0.717) is 24.3 Å². The molecule has 5 rings (SSSR count). The molecule has 1 saturated carbocycles.